The summed E-state index contributed by atoms with van der Waals surface area (Å²) in [6, 6.07) is 10.8. The van der Waals surface area contributed by atoms with E-state index in [-0.39, 0.29) is 56.3 Å². The smallest absolute Gasteiger partial charge is 0.246 e. The third-order valence-electron chi connectivity index (χ3n) is 9.17. The van der Waals surface area contributed by atoms with E-state index in [1.807, 2.05) is 70.5 Å². The van der Waals surface area contributed by atoms with Gasteiger partial charge in [-0.15, -0.1) is 11.3 Å². The largest absolute Gasteiger partial charge is 0.490 e. The molecule has 1 aromatic heterocycles. The maximum atomic E-state index is 14.0. The van der Waals surface area contributed by atoms with Crippen LogP contribution in [0.3, 0.4) is 0 Å². The van der Waals surface area contributed by atoms with Crippen molar-refractivity contribution in [3.05, 3.63) is 69.8 Å². The van der Waals surface area contributed by atoms with Gasteiger partial charge < -0.3 is 36.8 Å². The summed E-state index contributed by atoms with van der Waals surface area (Å²) in [4.78, 5) is 58.7. The van der Waals surface area contributed by atoms with Crippen LogP contribution < -0.4 is 26.8 Å². The van der Waals surface area contributed by atoms with Gasteiger partial charge in [0.15, 0.2) is 0 Å². The first-order valence-electron chi connectivity index (χ1n) is 17.6. The summed E-state index contributed by atoms with van der Waals surface area (Å²) < 4.78 is 5.78. The third kappa shape index (κ3) is 11.0. The van der Waals surface area contributed by atoms with Crippen molar-refractivity contribution in [3.8, 4) is 16.2 Å². The minimum absolute atomic E-state index is 0.0103. The molecule has 4 amide bonds. The molecule has 7 N–H and O–H groups in total. The molecule has 0 bridgehead atoms. The molecule has 12 nitrogen and oxygen atoms in total. The van der Waals surface area contributed by atoms with Gasteiger partial charge >= 0.3 is 0 Å². The van der Waals surface area contributed by atoms with Crippen LogP contribution in [0.2, 0.25) is 5.02 Å². The van der Waals surface area contributed by atoms with E-state index in [0.29, 0.717) is 30.0 Å². The lowest BCUT2D eigenvalue weighted by Crippen LogP contribution is -2.57. The second kappa shape index (κ2) is 18.1. The maximum Gasteiger partial charge on any atom is 0.246 e. The van der Waals surface area contributed by atoms with Crippen molar-refractivity contribution >= 4 is 46.6 Å². The number of primary amides is 1. The molecule has 0 saturated carbocycles. The average Bonchev–Trinajstić information content (AvgIpc) is 3.70. The monoisotopic (exact) mass is 754 g/mol. The summed E-state index contributed by atoms with van der Waals surface area (Å²) in [5, 5.41) is 16.9. The minimum Gasteiger partial charge on any atom is -0.490 e. The van der Waals surface area contributed by atoms with Crippen LogP contribution >= 0.6 is 22.9 Å². The molecule has 4 rings (SSSR count). The van der Waals surface area contributed by atoms with Crippen LogP contribution in [-0.4, -0.2) is 76.0 Å². The number of nitrogens with zero attached hydrogens (tertiary/aromatic N) is 2. The lowest BCUT2D eigenvalue weighted by Gasteiger charge is -2.35. The lowest BCUT2D eigenvalue weighted by atomic mass is 9.85. The Hall–Kier alpha value is -4.04. The second-order valence-corrected chi connectivity index (χ2v) is 15.8. The number of carbonyl (C=O) groups is 4. The van der Waals surface area contributed by atoms with Crippen LogP contribution in [0.1, 0.15) is 82.7 Å². The highest BCUT2D eigenvalue weighted by atomic mass is 35.5. The summed E-state index contributed by atoms with van der Waals surface area (Å²) in [5.41, 5.74) is 16.0. The van der Waals surface area contributed by atoms with Crippen molar-refractivity contribution in [2.45, 2.75) is 103 Å². The van der Waals surface area contributed by atoms with E-state index in [4.69, 9.17) is 27.8 Å². The van der Waals surface area contributed by atoms with Crippen molar-refractivity contribution in [2.75, 3.05) is 13.2 Å². The van der Waals surface area contributed by atoms with E-state index in [9.17, 15) is 24.3 Å². The number of β-amino-alcohol motifs (C(OH)–C–C–N with tert-alkyl or cyclic N) is 1. The first-order valence-corrected chi connectivity index (χ1v) is 18.8. The molecule has 0 radical (unpaired) electrons. The van der Waals surface area contributed by atoms with Crippen molar-refractivity contribution in [1.82, 2.24) is 20.5 Å². The van der Waals surface area contributed by atoms with Gasteiger partial charge in [-0.05, 0) is 61.3 Å². The average molecular weight is 755 g/mol. The Morgan fingerprint density at radius 1 is 1.12 bits per heavy atom. The number of rotatable bonds is 16. The van der Waals surface area contributed by atoms with Crippen LogP contribution in [-0.2, 0) is 25.6 Å². The van der Waals surface area contributed by atoms with Crippen molar-refractivity contribution in [2.24, 2.45) is 16.9 Å². The van der Waals surface area contributed by atoms with E-state index in [1.54, 1.807) is 23.5 Å². The van der Waals surface area contributed by atoms with Gasteiger partial charge in [0, 0.05) is 31.8 Å². The van der Waals surface area contributed by atoms with Crippen LogP contribution in [0.15, 0.2) is 48.0 Å². The van der Waals surface area contributed by atoms with Gasteiger partial charge in [0.05, 0.1) is 33.3 Å². The van der Waals surface area contributed by atoms with Crippen molar-refractivity contribution in [3.63, 3.8) is 0 Å². The number of carbonyl (C=O) groups excluding carboxylic acids is 4. The van der Waals surface area contributed by atoms with Crippen molar-refractivity contribution < 1.29 is 29.0 Å². The summed E-state index contributed by atoms with van der Waals surface area (Å²) in [5.74, 6) is -1.07. The first kappa shape index (κ1) is 40.7. The Morgan fingerprint density at radius 3 is 2.46 bits per heavy atom. The van der Waals surface area contributed by atoms with E-state index in [2.05, 4.69) is 15.6 Å². The lowest BCUT2D eigenvalue weighted by molar-refractivity contribution is -0.144. The zero-order valence-electron chi connectivity index (χ0n) is 30.5. The predicted molar refractivity (Wildman–Crippen MR) is 203 cm³/mol. The van der Waals surface area contributed by atoms with Crippen molar-refractivity contribution in [1.29, 1.82) is 0 Å². The first-order chi connectivity index (χ1) is 24.5. The third-order valence-corrected chi connectivity index (χ3v) is 10.6. The number of halogens is 1. The zero-order chi connectivity index (χ0) is 38.2. The molecule has 5 atom stereocenters. The molecule has 2 aromatic carbocycles. The van der Waals surface area contributed by atoms with E-state index < -0.39 is 35.4 Å². The second-order valence-electron chi connectivity index (χ2n) is 14.5. The summed E-state index contributed by atoms with van der Waals surface area (Å²) in [7, 11) is 0. The fourth-order valence-corrected chi connectivity index (χ4v) is 7.24. The van der Waals surface area contributed by atoms with Gasteiger partial charge in [0.25, 0.3) is 0 Å². The maximum absolute atomic E-state index is 14.0. The SMILES string of the molecule is Cc1ncsc1-c1ccc([C@H](C)NC(=O)[C@@H]2C[C@@H](O)CN2C(=O)[C@@H](NC(=O)CCCc2cccc(OC[C@@H](N)CCC(N)=O)c2Cl)C(C)(C)C)cc1. The predicted octanol–water partition coefficient (Wildman–Crippen LogP) is 4.44. The molecule has 282 valence electrons. The molecule has 3 aromatic rings. The molecule has 14 heteroatoms. The van der Waals surface area contributed by atoms with E-state index in [1.165, 1.54) is 4.90 Å². The number of nitrogens with two attached hydrogens (primary N) is 2. The summed E-state index contributed by atoms with van der Waals surface area (Å²) >= 11 is 8.17. The number of hydrogen-bond donors (Lipinski definition) is 5. The standard InChI is InChI=1S/C38H51ClN6O6S/c1-22(24-12-14-26(15-13-24)34-23(2)42-21-52-34)43-36(49)29-18-28(46)19-45(29)37(50)35(38(3,4)5)44-32(48)11-7-9-25-8-6-10-30(33(25)39)51-20-27(40)16-17-31(41)47/h6,8,10,12-15,21-22,27-29,35,46H,7,9,11,16-20,40H2,1-5H3,(H2,41,47)(H,43,49)(H,44,48)/t22-,27-,28+,29-,35+/m0/s1. The Balaban J connectivity index is 1.34. The van der Waals surface area contributed by atoms with Crippen LogP contribution in [0.5, 0.6) is 5.75 Å². The highest BCUT2D eigenvalue weighted by Crippen LogP contribution is 2.31. The van der Waals surface area contributed by atoms with Gasteiger partial charge in [-0.2, -0.15) is 0 Å². The number of benzene rings is 2. The van der Waals surface area contributed by atoms with Gasteiger partial charge in [0.1, 0.15) is 24.4 Å². The molecule has 52 heavy (non-hydrogen) atoms. The van der Waals surface area contributed by atoms with E-state index >= 15 is 0 Å². The molecule has 0 unspecified atom stereocenters. The fraction of sp³-hybridized carbons (Fsp3) is 0.500. The molecular weight excluding hydrogens is 704 g/mol. The number of aliphatic hydroxyl groups excluding tert-OH is 1. The molecule has 1 aliphatic rings. The zero-order valence-corrected chi connectivity index (χ0v) is 32.1. The molecule has 0 aliphatic carbocycles. The topological polar surface area (TPSA) is 190 Å². The quantitative estimate of drug-likeness (QED) is 0.142. The number of nitrogens with one attached hydrogen (secondary N) is 2. The highest BCUT2D eigenvalue weighted by molar-refractivity contribution is 7.13. The molecule has 1 fully saturated rings. The van der Waals surface area contributed by atoms with E-state index in [0.717, 1.165) is 27.3 Å². The fourth-order valence-electron chi connectivity index (χ4n) is 6.16. The normalized spacial score (nSPS) is 17.7. The number of thiazole rings is 1. The molecule has 1 aliphatic heterocycles. The number of likely N-dealkylation sites (tertiary alicyclic amines) is 1. The van der Waals surface area contributed by atoms with Crippen LogP contribution in [0, 0.1) is 12.3 Å². The number of aryl methyl sites for hydroxylation is 2. The van der Waals surface area contributed by atoms with Gasteiger partial charge in [-0.3, -0.25) is 19.2 Å². The molecular formula is C38H51ClN6O6S. The Kier molecular flexibility index (Phi) is 14.2. The Morgan fingerprint density at radius 2 is 1.83 bits per heavy atom. The van der Waals surface area contributed by atoms with Crippen LogP contribution in [0.25, 0.3) is 10.4 Å². The number of aliphatic hydroxyl groups is 1. The number of ether oxygens (including phenoxy) is 1. The molecule has 2 heterocycles. The highest BCUT2D eigenvalue weighted by Gasteiger charge is 2.44. The molecule has 0 spiro atoms. The summed E-state index contributed by atoms with van der Waals surface area (Å²) in [6.45, 7) is 9.55. The minimum atomic E-state index is -0.931. The number of amides is 4. The van der Waals surface area contributed by atoms with Crippen LogP contribution in [0.4, 0.5) is 0 Å². The Bertz CT molecular complexity index is 1710. The Labute approximate surface area is 314 Å². The summed E-state index contributed by atoms with van der Waals surface area (Å²) in [6.07, 6.45) is 0.860. The number of hydrogen-bond acceptors (Lipinski definition) is 9. The number of aromatic nitrogens is 1. The van der Waals surface area contributed by atoms with Gasteiger partial charge in [-0.1, -0.05) is 68.8 Å². The van der Waals surface area contributed by atoms with Gasteiger partial charge in [0.2, 0.25) is 23.6 Å². The molecule has 1 saturated heterocycles. The van der Waals surface area contributed by atoms with Gasteiger partial charge in [-0.25, -0.2) is 4.98 Å².